The van der Waals surface area contributed by atoms with Gasteiger partial charge in [-0.25, -0.2) is 9.98 Å². The molecule has 5 nitrogen and oxygen atoms in total. The fraction of sp³-hybridized carbons (Fsp3) is 0.667. The highest BCUT2D eigenvalue weighted by molar-refractivity contribution is 14.0. The molecule has 1 aliphatic heterocycles. The van der Waals surface area contributed by atoms with Gasteiger partial charge in [0.25, 0.3) is 0 Å². The van der Waals surface area contributed by atoms with Gasteiger partial charge in [-0.15, -0.1) is 24.0 Å². The Morgan fingerprint density at radius 2 is 2.04 bits per heavy atom. The van der Waals surface area contributed by atoms with E-state index < -0.39 is 0 Å². The summed E-state index contributed by atoms with van der Waals surface area (Å²) >= 11 is 0. The topological polar surface area (TPSA) is 66.5 Å². The number of nitrogens with zero attached hydrogens (tertiary/aromatic N) is 3. The SMILES string of the molecule is CC1CCN(c2ccc(CN=C(N)NCC3CCC3)cn2)CC1.I. The quantitative estimate of drug-likeness (QED) is 0.417. The Morgan fingerprint density at radius 1 is 1.29 bits per heavy atom. The van der Waals surface area contributed by atoms with Gasteiger partial charge < -0.3 is 16.0 Å². The molecular weight excluding hydrogens is 413 g/mol. The van der Waals surface area contributed by atoms with Crippen LogP contribution >= 0.6 is 24.0 Å². The monoisotopic (exact) mass is 443 g/mol. The second-order valence-corrected chi connectivity index (χ2v) is 7.07. The van der Waals surface area contributed by atoms with Gasteiger partial charge in [0.05, 0.1) is 6.54 Å². The van der Waals surface area contributed by atoms with E-state index in [0.29, 0.717) is 12.5 Å². The minimum Gasteiger partial charge on any atom is -0.370 e. The summed E-state index contributed by atoms with van der Waals surface area (Å²) < 4.78 is 0. The van der Waals surface area contributed by atoms with Crippen LogP contribution in [0, 0.1) is 11.8 Å². The van der Waals surface area contributed by atoms with Crippen LogP contribution in [0.1, 0.15) is 44.6 Å². The van der Waals surface area contributed by atoms with Crippen LogP contribution in [0.5, 0.6) is 0 Å². The van der Waals surface area contributed by atoms with E-state index in [9.17, 15) is 0 Å². The van der Waals surface area contributed by atoms with Gasteiger partial charge in [0.2, 0.25) is 0 Å². The van der Waals surface area contributed by atoms with E-state index in [-0.39, 0.29) is 24.0 Å². The van der Waals surface area contributed by atoms with Gasteiger partial charge in [0.15, 0.2) is 5.96 Å². The highest BCUT2D eigenvalue weighted by atomic mass is 127. The van der Waals surface area contributed by atoms with Crippen molar-refractivity contribution in [2.24, 2.45) is 22.6 Å². The van der Waals surface area contributed by atoms with Crippen LogP contribution in [0.4, 0.5) is 5.82 Å². The van der Waals surface area contributed by atoms with E-state index in [1.54, 1.807) is 0 Å². The van der Waals surface area contributed by atoms with Gasteiger partial charge in [-0.3, -0.25) is 0 Å². The van der Waals surface area contributed by atoms with Crippen molar-refractivity contribution in [3.63, 3.8) is 0 Å². The smallest absolute Gasteiger partial charge is 0.188 e. The first-order valence-corrected chi connectivity index (χ1v) is 8.94. The van der Waals surface area contributed by atoms with E-state index in [2.05, 4.69) is 39.2 Å². The summed E-state index contributed by atoms with van der Waals surface area (Å²) in [5.41, 5.74) is 7.02. The summed E-state index contributed by atoms with van der Waals surface area (Å²) in [5, 5.41) is 3.22. The number of nitrogens with two attached hydrogens (primary N) is 1. The van der Waals surface area contributed by atoms with E-state index in [1.165, 1.54) is 32.1 Å². The van der Waals surface area contributed by atoms with Gasteiger partial charge in [-0.1, -0.05) is 19.4 Å². The average molecular weight is 443 g/mol. The molecule has 0 amide bonds. The van der Waals surface area contributed by atoms with Crippen molar-refractivity contribution in [1.82, 2.24) is 10.3 Å². The van der Waals surface area contributed by atoms with Gasteiger partial charge >= 0.3 is 0 Å². The Morgan fingerprint density at radius 3 is 2.62 bits per heavy atom. The van der Waals surface area contributed by atoms with Crippen molar-refractivity contribution < 1.29 is 0 Å². The summed E-state index contributed by atoms with van der Waals surface area (Å²) in [7, 11) is 0. The first-order valence-electron chi connectivity index (χ1n) is 8.94. The van der Waals surface area contributed by atoms with Crippen LogP contribution in [0.2, 0.25) is 0 Å². The first-order chi connectivity index (χ1) is 11.2. The lowest BCUT2D eigenvalue weighted by molar-refractivity contribution is 0.315. The second-order valence-electron chi connectivity index (χ2n) is 7.07. The predicted octanol–water partition coefficient (Wildman–Crippen LogP) is 3.14. The fourth-order valence-corrected chi connectivity index (χ4v) is 3.11. The van der Waals surface area contributed by atoms with Crippen molar-refractivity contribution in [1.29, 1.82) is 0 Å². The summed E-state index contributed by atoms with van der Waals surface area (Å²) in [4.78, 5) is 11.4. The Hall–Kier alpha value is -1.05. The molecule has 1 saturated carbocycles. The number of piperidine rings is 1. The minimum atomic E-state index is 0. The van der Waals surface area contributed by atoms with Crippen LogP contribution in [-0.2, 0) is 6.54 Å². The minimum absolute atomic E-state index is 0. The average Bonchev–Trinajstić information content (AvgIpc) is 2.53. The molecule has 2 heterocycles. The Kier molecular flexibility index (Phi) is 7.58. The van der Waals surface area contributed by atoms with E-state index in [1.807, 2.05) is 6.20 Å². The highest BCUT2D eigenvalue weighted by Gasteiger charge is 2.17. The molecule has 134 valence electrons. The van der Waals surface area contributed by atoms with Crippen molar-refractivity contribution in [2.45, 2.75) is 45.6 Å². The molecule has 0 radical (unpaired) electrons. The van der Waals surface area contributed by atoms with Gasteiger partial charge in [0, 0.05) is 25.8 Å². The third-order valence-corrected chi connectivity index (χ3v) is 5.15. The van der Waals surface area contributed by atoms with Crippen LogP contribution in [-0.4, -0.2) is 30.6 Å². The number of pyridine rings is 1. The number of hydrogen-bond donors (Lipinski definition) is 2. The number of hydrogen-bond acceptors (Lipinski definition) is 3. The van der Waals surface area contributed by atoms with Crippen molar-refractivity contribution in [3.05, 3.63) is 23.9 Å². The van der Waals surface area contributed by atoms with Gasteiger partial charge in [-0.2, -0.15) is 0 Å². The lowest BCUT2D eigenvalue weighted by atomic mass is 9.85. The molecule has 0 spiro atoms. The molecule has 6 heteroatoms. The molecule has 1 aromatic rings. The van der Waals surface area contributed by atoms with Crippen LogP contribution in [0.15, 0.2) is 23.3 Å². The molecular formula is C18H30IN5. The molecule has 1 saturated heterocycles. The molecule has 24 heavy (non-hydrogen) atoms. The normalized spacial score (nSPS) is 19.5. The number of rotatable bonds is 5. The number of aromatic nitrogens is 1. The van der Waals surface area contributed by atoms with Crippen molar-refractivity contribution in [3.8, 4) is 0 Å². The van der Waals surface area contributed by atoms with E-state index >= 15 is 0 Å². The third kappa shape index (κ3) is 5.50. The zero-order valence-corrected chi connectivity index (χ0v) is 16.9. The lowest BCUT2D eigenvalue weighted by Gasteiger charge is -2.31. The summed E-state index contributed by atoms with van der Waals surface area (Å²) in [6.45, 7) is 6.11. The third-order valence-electron chi connectivity index (χ3n) is 5.15. The molecule has 1 aliphatic carbocycles. The van der Waals surface area contributed by atoms with E-state index in [0.717, 1.165) is 42.9 Å². The fourth-order valence-electron chi connectivity index (χ4n) is 3.11. The summed E-state index contributed by atoms with van der Waals surface area (Å²) in [6.07, 6.45) is 8.45. The summed E-state index contributed by atoms with van der Waals surface area (Å²) in [5.74, 6) is 3.26. The standard InChI is InChI=1S/C18H29N5.HI/c1-14-7-9-23(10-8-14)17-6-5-16(12-20-17)13-22-18(19)21-11-15-3-2-4-15;/h5-6,12,14-15H,2-4,7-11,13H2,1H3,(H3,19,21,22);1H. The van der Waals surface area contributed by atoms with Gasteiger partial charge in [-0.05, 0) is 49.1 Å². The zero-order valence-electron chi connectivity index (χ0n) is 14.6. The van der Waals surface area contributed by atoms with Gasteiger partial charge in [0.1, 0.15) is 5.82 Å². The maximum atomic E-state index is 5.92. The maximum Gasteiger partial charge on any atom is 0.188 e. The molecule has 3 rings (SSSR count). The number of anilines is 1. The molecule has 0 aromatic carbocycles. The largest absolute Gasteiger partial charge is 0.370 e. The highest BCUT2D eigenvalue weighted by Crippen LogP contribution is 2.25. The van der Waals surface area contributed by atoms with Crippen LogP contribution in [0.3, 0.4) is 0 Å². The molecule has 2 fully saturated rings. The molecule has 0 unspecified atom stereocenters. The first kappa shape index (κ1) is 19.3. The van der Waals surface area contributed by atoms with Crippen LogP contribution < -0.4 is 16.0 Å². The molecule has 0 bridgehead atoms. The predicted molar refractivity (Wildman–Crippen MR) is 111 cm³/mol. The molecule has 3 N–H and O–H groups in total. The number of nitrogens with one attached hydrogen (secondary N) is 1. The molecule has 1 aromatic heterocycles. The van der Waals surface area contributed by atoms with Crippen LogP contribution in [0.25, 0.3) is 0 Å². The zero-order chi connectivity index (χ0) is 16.1. The Balaban J connectivity index is 0.00000208. The number of halogens is 1. The van der Waals surface area contributed by atoms with E-state index in [4.69, 9.17) is 5.73 Å². The number of aliphatic imine (C=N–C) groups is 1. The summed E-state index contributed by atoms with van der Waals surface area (Å²) in [6, 6.07) is 4.22. The molecule has 0 atom stereocenters. The Bertz CT molecular complexity index is 519. The second kappa shape index (κ2) is 9.44. The number of guanidine groups is 1. The lowest BCUT2D eigenvalue weighted by Crippen LogP contribution is -2.37. The molecule has 2 aliphatic rings. The van der Waals surface area contributed by atoms with Crippen molar-refractivity contribution >= 4 is 35.8 Å². The maximum absolute atomic E-state index is 5.92. The Labute approximate surface area is 162 Å². The van der Waals surface area contributed by atoms with Crippen molar-refractivity contribution in [2.75, 3.05) is 24.5 Å².